The lowest BCUT2D eigenvalue weighted by atomic mass is 10.2. The van der Waals surface area contributed by atoms with Crippen LogP contribution in [-0.2, 0) is 13.2 Å². The summed E-state index contributed by atoms with van der Waals surface area (Å²) >= 11 is 7.08. The van der Waals surface area contributed by atoms with Crippen molar-refractivity contribution < 1.29 is 4.74 Å². The number of hydrogen-bond donors (Lipinski definition) is 1. The Bertz CT molecular complexity index is 558. The van der Waals surface area contributed by atoms with Crippen LogP contribution in [0.15, 0.2) is 51.4 Å². The molecule has 4 heteroatoms. The second-order valence-electron chi connectivity index (χ2n) is 4.14. The van der Waals surface area contributed by atoms with Gasteiger partial charge in [0.1, 0.15) is 12.4 Å². The zero-order valence-electron chi connectivity index (χ0n) is 10.6. The van der Waals surface area contributed by atoms with E-state index in [2.05, 4.69) is 49.3 Å². The van der Waals surface area contributed by atoms with Crippen LogP contribution in [0.3, 0.4) is 0 Å². The highest BCUT2D eigenvalue weighted by molar-refractivity contribution is 9.10. The van der Waals surface area contributed by atoms with E-state index in [1.54, 1.807) is 0 Å². The van der Waals surface area contributed by atoms with Gasteiger partial charge in [-0.15, -0.1) is 0 Å². The summed E-state index contributed by atoms with van der Waals surface area (Å²) in [5.41, 5.74) is 2.28. The second-order valence-corrected chi connectivity index (χ2v) is 5.85. The lowest BCUT2D eigenvalue weighted by molar-refractivity contribution is 0.299. The van der Waals surface area contributed by atoms with Gasteiger partial charge in [0, 0.05) is 22.1 Å². The Balaban J connectivity index is 2.17. The van der Waals surface area contributed by atoms with Crippen LogP contribution in [0.25, 0.3) is 0 Å². The number of nitrogens with one attached hydrogen (secondary N) is 1. The molecular formula is C15H15Br2NO. The standard InChI is InChI=1S/C15H15Br2NO/c1-18-9-11-6-4-8-14(17)15(11)19-10-12-5-2-3-7-13(12)16/h2-8,18H,9-10H2,1H3. The van der Waals surface area contributed by atoms with Crippen LogP contribution in [-0.4, -0.2) is 7.05 Å². The molecule has 1 N–H and O–H groups in total. The number of rotatable bonds is 5. The summed E-state index contributed by atoms with van der Waals surface area (Å²) < 4.78 is 8.02. The predicted octanol–water partition coefficient (Wildman–Crippen LogP) is 4.51. The molecule has 0 aliphatic carbocycles. The zero-order chi connectivity index (χ0) is 13.7. The Kier molecular flexibility index (Phi) is 5.43. The molecule has 0 unspecified atom stereocenters. The number of para-hydroxylation sites is 1. The molecule has 0 saturated heterocycles. The van der Waals surface area contributed by atoms with Crippen molar-refractivity contribution in [3.05, 3.63) is 62.5 Å². The van der Waals surface area contributed by atoms with Gasteiger partial charge in [0.15, 0.2) is 0 Å². The van der Waals surface area contributed by atoms with Crippen LogP contribution in [0.4, 0.5) is 0 Å². The highest BCUT2D eigenvalue weighted by Crippen LogP contribution is 2.30. The summed E-state index contributed by atoms with van der Waals surface area (Å²) in [5, 5.41) is 3.15. The maximum absolute atomic E-state index is 5.97. The van der Waals surface area contributed by atoms with E-state index >= 15 is 0 Å². The minimum atomic E-state index is 0.542. The molecule has 0 aromatic heterocycles. The molecule has 0 aliphatic heterocycles. The van der Waals surface area contributed by atoms with Gasteiger partial charge >= 0.3 is 0 Å². The Hall–Kier alpha value is -0.840. The van der Waals surface area contributed by atoms with Gasteiger partial charge in [0.05, 0.1) is 4.47 Å². The van der Waals surface area contributed by atoms with E-state index in [9.17, 15) is 0 Å². The van der Waals surface area contributed by atoms with E-state index in [1.807, 2.05) is 37.4 Å². The van der Waals surface area contributed by atoms with E-state index in [0.717, 1.165) is 32.4 Å². The Morgan fingerprint density at radius 2 is 1.63 bits per heavy atom. The fraction of sp³-hybridized carbons (Fsp3) is 0.200. The fourth-order valence-corrected chi connectivity index (χ4v) is 2.73. The molecule has 2 nitrogen and oxygen atoms in total. The first-order chi connectivity index (χ1) is 9.22. The third-order valence-corrected chi connectivity index (χ3v) is 4.14. The minimum Gasteiger partial charge on any atom is -0.487 e. The topological polar surface area (TPSA) is 21.3 Å². The quantitative estimate of drug-likeness (QED) is 0.818. The monoisotopic (exact) mass is 383 g/mol. The summed E-state index contributed by atoms with van der Waals surface area (Å²) in [6.45, 7) is 1.32. The molecular weight excluding hydrogens is 370 g/mol. The van der Waals surface area contributed by atoms with Gasteiger partial charge in [-0.1, -0.05) is 46.3 Å². The molecule has 0 spiro atoms. The SMILES string of the molecule is CNCc1cccc(Br)c1OCc1ccccc1Br. The third kappa shape index (κ3) is 3.81. The van der Waals surface area contributed by atoms with Crippen LogP contribution in [0.2, 0.25) is 0 Å². The zero-order valence-corrected chi connectivity index (χ0v) is 13.8. The highest BCUT2D eigenvalue weighted by atomic mass is 79.9. The van der Waals surface area contributed by atoms with Gasteiger partial charge in [-0.25, -0.2) is 0 Å². The molecule has 0 amide bonds. The molecule has 100 valence electrons. The molecule has 0 radical (unpaired) electrons. The van der Waals surface area contributed by atoms with Gasteiger partial charge in [0.2, 0.25) is 0 Å². The average molecular weight is 385 g/mol. The van der Waals surface area contributed by atoms with Crippen LogP contribution >= 0.6 is 31.9 Å². The minimum absolute atomic E-state index is 0.542. The summed E-state index contributed by atoms with van der Waals surface area (Å²) in [5.74, 6) is 0.896. The normalized spacial score (nSPS) is 10.5. The summed E-state index contributed by atoms with van der Waals surface area (Å²) in [4.78, 5) is 0. The molecule has 0 saturated carbocycles. The summed E-state index contributed by atoms with van der Waals surface area (Å²) in [6, 6.07) is 14.2. The molecule has 0 fully saturated rings. The molecule has 2 aromatic carbocycles. The van der Waals surface area contributed by atoms with E-state index in [-0.39, 0.29) is 0 Å². The Labute approximate surface area is 130 Å². The van der Waals surface area contributed by atoms with Crippen molar-refractivity contribution in [2.75, 3.05) is 7.05 Å². The number of benzene rings is 2. The third-order valence-electron chi connectivity index (χ3n) is 2.75. The van der Waals surface area contributed by atoms with Crippen molar-refractivity contribution in [2.24, 2.45) is 0 Å². The molecule has 0 bridgehead atoms. The average Bonchev–Trinajstić information content (AvgIpc) is 2.40. The first-order valence-electron chi connectivity index (χ1n) is 6.00. The molecule has 0 aliphatic rings. The maximum atomic E-state index is 5.97. The van der Waals surface area contributed by atoms with Crippen LogP contribution in [0.5, 0.6) is 5.75 Å². The van der Waals surface area contributed by atoms with Crippen molar-refractivity contribution >= 4 is 31.9 Å². The van der Waals surface area contributed by atoms with Crippen molar-refractivity contribution in [2.45, 2.75) is 13.2 Å². The first-order valence-corrected chi connectivity index (χ1v) is 7.59. The van der Waals surface area contributed by atoms with Crippen LogP contribution in [0.1, 0.15) is 11.1 Å². The van der Waals surface area contributed by atoms with Crippen molar-refractivity contribution in [1.29, 1.82) is 0 Å². The van der Waals surface area contributed by atoms with E-state index in [1.165, 1.54) is 0 Å². The van der Waals surface area contributed by atoms with E-state index in [4.69, 9.17) is 4.74 Å². The number of ether oxygens (including phenoxy) is 1. The molecule has 2 aromatic rings. The Morgan fingerprint density at radius 1 is 0.947 bits per heavy atom. The van der Waals surface area contributed by atoms with Crippen molar-refractivity contribution in [3.63, 3.8) is 0 Å². The maximum Gasteiger partial charge on any atom is 0.138 e. The first kappa shape index (κ1) is 14.6. The molecule has 19 heavy (non-hydrogen) atoms. The predicted molar refractivity (Wildman–Crippen MR) is 85.4 cm³/mol. The number of halogens is 2. The smallest absolute Gasteiger partial charge is 0.138 e. The van der Waals surface area contributed by atoms with Gasteiger partial charge in [0.25, 0.3) is 0 Å². The number of hydrogen-bond acceptors (Lipinski definition) is 2. The molecule has 0 atom stereocenters. The lowest BCUT2D eigenvalue weighted by Crippen LogP contribution is -2.08. The summed E-state index contributed by atoms with van der Waals surface area (Å²) in [6.07, 6.45) is 0. The fourth-order valence-electron chi connectivity index (χ4n) is 1.81. The second kappa shape index (κ2) is 7.08. The van der Waals surface area contributed by atoms with Crippen LogP contribution in [0, 0.1) is 0 Å². The van der Waals surface area contributed by atoms with Gasteiger partial charge in [-0.05, 0) is 35.1 Å². The highest BCUT2D eigenvalue weighted by Gasteiger charge is 2.08. The van der Waals surface area contributed by atoms with Crippen molar-refractivity contribution in [3.8, 4) is 5.75 Å². The van der Waals surface area contributed by atoms with Gasteiger partial charge < -0.3 is 10.1 Å². The van der Waals surface area contributed by atoms with E-state index < -0.39 is 0 Å². The van der Waals surface area contributed by atoms with E-state index in [0.29, 0.717) is 6.61 Å². The Morgan fingerprint density at radius 3 is 2.37 bits per heavy atom. The van der Waals surface area contributed by atoms with Gasteiger partial charge in [-0.2, -0.15) is 0 Å². The van der Waals surface area contributed by atoms with Crippen molar-refractivity contribution in [1.82, 2.24) is 5.32 Å². The van der Waals surface area contributed by atoms with Crippen LogP contribution < -0.4 is 10.1 Å². The lowest BCUT2D eigenvalue weighted by Gasteiger charge is -2.14. The molecule has 2 rings (SSSR count). The largest absolute Gasteiger partial charge is 0.487 e. The summed E-state index contributed by atoms with van der Waals surface area (Å²) in [7, 11) is 1.93. The van der Waals surface area contributed by atoms with Gasteiger partial charge in [-0.3, -0.25) is 0 Å². The molecule has 0 heterocycles.